The van der Waals surface area contributed by atoms with Crippen LogP contribution < -0.4 is 0 Å². The van der Waals surface area contributed by atoms with Gasteiger partial charge in [0.25, 0.3) is 0 Å². The van der Waals surface area contributed by atoms with Gasteiger partial charge in [0.15, 0.2) is 5.58 Å². The van der Waals surface area contributed by atoms with Crippen LogP contribution in [0.1, 0.15) is 31.3 Å². The van der Waals surface area contributed by atoms with Crippen molar-refractivity contribution in [3.8, 4) is 0 Å². The highest BCUT2D eigenvalue weighted by atomic mass is 35.5. The Balaban J connectivity index is 2.60. The van der Waals surface area contributed by atoms with Gasteiger partial charge in [-0.1, -0.05) is 31.5 Å². The van der Waals surface area contributed by atoms with Crippen molar-refractivity contribution in [2.45, 2.75) is 26.9 Å². The van der Waals surface area contributed by atoms with Crippen LogP contribution in [0.3, 0.4) is 0 Å². The molecule has 1 N–H and O–H groups in total. The van der Waals surface area contributed by atoms with Crippen LogP contribution >= 0.6 is 11.6 Å². The lowest BCUT2D eigenvalue weighted by Gasteiger charge is -2.10. The van der Waals surface area contributed by atoms with Gasteiger partial charge in [0.1, 0.15) is 11.9 Å². The first kappa shape index (κ1) is 11.5. The van der Waals surface area contributed by atoms with Crippen molar-refractivity contribution < 1.29 is 9.52 Å². The van der Waals surface area contributed by atoms with Gasteiger partial charge in [-0.05, 0) is 30.5 Å². The number of rotatable bonds is 2. The zero-order valence-electron chi connectivity index (χ0n) is 9.62. The first-order valence-corrected chi connectivity index (χ1v) is 5.75. The molecule has 2 nitrogen and oxygen atoms in total. The summed E-state index contributed by atoms with van der Waals surface area (Å²) in [7, 11) is 0. The van der Waals surface area contributed by atoms with E-state index in [2.05, 4.69) is 0 Å². The summed E-state index contributed by atoms with van der Waals surface area (Å²) in [6.07, 6.45) is -0.581. The fraction of sp³-hybridized carbons (Fsp3) is 0.385. The number of fused-ring (bicyclic) bond motifs is 1. The van der Waals surface area contributed by atoms with E-state index in [0.717, 1.165) is 10.9 Å². The van der Waals surface area contributed by atoms with Crippen LogP contribution in [-0.2, 0) is 0 Å². The van der Waals surface area contributed by atoms with Gasteiger partial charge in [-0.2, -0.15) is 0 Å². The van der Waals surface area contributed by atoms with Gasteiger partial charge in [0.2, 0.25) is 0 Å². The van der Waals surface area contributed by atoms with E-state index in [1.165, 1.54) is 0 Å². The first-order chi connectivity index (χ1) is 7.50. The fourth-order valence-corrected chi connectivity index (χ4v) is 1.92. The standard InChI is InChI=1S/C13H15ClO2/c1-7(2)12(15)11-6-9-8(3)4-5-10(14)13(9)16-11/h4-7,12,15H,1-3H3. The summed E-state index contributed by atoms with van der Waals surface area (Å²) in [6.45, 7) is 5.90. The van der Waals surface area contributed by atoms with E-state index < -0.39 is 6.10 Å². The Labute approximate surface area is 99.8 Å². The second kappa shape index (κ2) is 4.11. The Morgan fingerprint density at radius 3 is 2.56 bits per heavy atom. The Bertz CT molecular complexity index is 475. The summed E-state index contributed by atoms with van der Waals surface area (Å²) in [6, 6.07) is 5.64. The number of furan rings is 1. The highest BCUT2D eigenvalue weighted by Crippen LogP contribution is 2.33. The minimum atomic E-state index is -0.581. The Morgan fingerprint density at radius 2 is 2.00 bits per heavy atom. The number of aryl methyl sites for hydroxylation is 1. The number of benzene rings is 1. The van der Waals surface area contributed by atoms with Crippen molar-refractivity contribution in [2.75, 3.05) is 0 Å². The molecule has 2 rings (SSSR count). The molecule has 0 aliphatic rings. The van der Waals surface area contributed by atoms with E-state index >= 15 is 0 Å². The van der Waals surface area contributed by atoms with Gasteiger partial charge >= 0.3 is 0 Å². The van der Waals surface area contributed by atoms with Gasteiger partial charge in [-0.25, -0.2) is 0 Å². The van der Waals surface area contributed by atoms with Gasteiger partial charge < -0.3 is 9.52 Å². The van der Waals surface area contributed by atoms with Crippen LogP contribution in [-0.4, -0.2) is 5.11 Å². The second-order valence-corrected chi connectivity index (χ2v) is 4.85. The molecule has 0 aliphatic heterocycles. The zero-order valence-corrected chi connectivity index (χ0v) is 10.4. The second-order valence-electron chi connectivity index (χ2n) is 4.44. The number of aliphatic hydroxyl groups excluding tert-OH is 1. The minimum absolute atomic E-state index is 0.125. The van der Waals surface area contributed by atoms with Crippen molar-refractivity contribution in [1.82, 2.24) is 0 Å². The Hall–Kier alpha value is -0.990. The molecule has 0 spiro atoms. The molecular weight excluding hydrogens is 224 g/mol. The molecule has 1 aromatic carbocycles. The maximum Gasteiger partial charge on any atom is 0.153 e. The van der Waals surface area contributed by atoms with E-state index in [0.29, 0.717) is 16.4 Å². The van der Waals surface area contributed by atoms with Crippen LogP contribution in [0.15, 0.2) is 22.6 Å². The summed E-state index contributed by atoms with van der Waals surface area (Å²) < 4.78 is 5.62. The van der Waals surface area contributed by atoms with Crippen LogP contribution in [0, 0.1) is 12.8 Å². The molecule has 16 heavy (non-hydrogen) atoms. The van der Waals surface area contributed by atoms with E-state index in [4.69, 9.17) is 16.0 Å². The maximum atomic E-state index is 9.94. The predicted octanol–water partition coefficient (Wildman–Crippen LogP) is 4.08. The molecule has 0 saturated carbocycles. The molecule has 2 aromatic rings. The number of aliphatic hydroxyl groups is 1. The minimum Gasteiger partial charge on any atom is -0.457 e. The molecule has 0 amide bonds. The third kappa shape index (κ3) is 1.83. The number of halogens is 1. The number of hydrogen-bond donors (Lipinski definition) is 1. The molecule has 1 unspecified atom stereocenters. The third-order valence-corrected chi connectivity index (χ3v) is 3.09. The molecule has 0 bridgehead atoms. The Kier molecular flexibility index (Phi) is 2.96. The van der Waals surface area contributed by atoms with Crippen LogP contribution in [0.25, 0.3) is 11.0 Å². The fourth-order valence-electron chi connectivity index (χ4n) is 1.72. The SMILES string of the molecule is Cc1ccc(Cl)c2oc(C(O)C(C)C)cc12. The quantitative estimate of drug-likeness (QED) is 0.855. The van der Waals surface area contributed by atoms with Gasteiger partial charge in [-0.15, -0.1) is 0 Å². The largest absolute Gasteiger partial charge is 0.457 e. The molecule has 1 heterocycles. The predicted molar refractivity (Wildman–Crippen MR) is 65.8 cm³/mol. The van der Waals surface area contributed by atoms with E-state index in [1.54, 1.807) is 0 Å². The first-order valence-electron chi connectivity index (χ1n) is 5.37. The molecule has 3 heteroatoms. The monoisotopic (exact) mass is 238 g/mol. The smallest absolute Gasteiger partial charge is 0.153 e. The van der Waals surface area contributed by atoms with Crippen LogP contribution in [0.2, 0.25) is 5.02 Å². The van der Waals surface area contributed by atoms with E-state index in [9.17, 15) is 5.11 Å². The molecule has 0 aliphatic carbocycles. The lowest BCUT2D eigenvalue weighted by Crippen LogP contribution is -2.03. The van der Waals surface area contributed by atoms with Crippen molar-refractivity contribution in [1.29, 1.82) is 0 Å². The van der Waals surface area contributed by atoms with Crippen molar-refractivity contribution in [3.63, 3.8) is 0 Å². The van der Waals surface area contributed by atoms with Crippen molar-refractivity contribution in [2.24, 2.45) is 5.92 Å². The summed E-state index contributed by atoms with van der Waals surface area (Å²) >= 11 is 6.05. The molecule has 0 radical (unpaired) electrons. The van der Waals surface area contributed by atoms with E-state index in [1.807, 2.05) is 39.0 Å². The van der Waals surface area contributed by atoms with Gasteiger partial charge in [0.05, 0.1) is 5.02 Å². The average molecular weight is 239 g/mol. The molecule has 1 atom stereocenters. The Morgan fingerprint density at radius 1 is 1.31 bits per heavy atom. The molecular formula is C13H15ClO2. The summed E-state index contributed by atoms with van der Waals surface area (Å²) in [5.41, 5.74) is 1.77. The lowest BCUT2D eigenvalue weighted by atomic mass is 10.0. The zero-order chi connectivity index (χ0) is 11.9. The highest BCUT2D eigenvalue weighted by Gasteiger charge is 2.18. The normalized spacial score (nSPS) is 13.6. The van der Waals surface area contributed by atoms with Gasteiger partial charge in [-0.3, -0.25) is 0 Å². The van der Waals surface area contributed by atoms with Crippen LogP contribution in [0.5, 0.6) is 0 Å². The lowest BCUT2D eigenvalue weighted by molar-refractivity contribution is 0.104. The number of hydrogen-bond acceptors (Lipinski definition) is 2. The molecule has 1 aromatic heterocycles. The molecule has 0 fully saturated rings. The average Bonchev–Trinajstić information content (AvgIpc) is 2.68. The van der Waals surface area contributed by atoms with Gasteiger partial charge in [0, 0.05) is 5.39 Å². The summed E-state index contributed by atoms with van der Waals surface area (Å²) in [5, 5.41) is 11.5. The van der Waals surface area contributed by atoms with Crippen LogP contribution in [0.4, 0.5) is 0 Å². The summed E-state index contributed by atoms with van der Waals surface area (Å²) in [4.78, 5) is 0. The van der Waals surface area contributed by atoms with Crippen molar-refractivity contribution in [3.05, 3.63) is 34.5 Å². The maximum absolute atomic E-state index is 9.94. The molecule has 86 valence electrons. The van der Waals surface area contributed by atoms with Crippen molar-refractivity contribution >= 4 is 22.6 Å². The third-order valence-electron chi connectivity index (χ3n) is 2.80. The summed E-state index contributed by atoms with van der Waals surface area (Å²) in [5.74, 6) is 0.709. The topological polar surface area (TPSA) is 33.4 Å². The highest BCUT2D eigenvalue weighted by molar-refractivity contribution is 6.34. The van der Waals surface area contributed by atoms with E-state index in [-0.39, 0.29) is 5.92 Å². The molecule has 0 saturated heterocycles.